The Kier molecular flexibility index (Phi) is 1.81. The molecule has 0 spiro atoms. The van der Waals surface area contributed by atoms with Crippen LogP contribution in [0, 0.1) is 0 Å². The van der Waals surface area contributed by atoms with E-state index in [2.05, 4.69) is 0 Å². The highest BCUT2D eigenvalue weighted by atomic mass is 16.5. The number of allylic oxidation sites excluding steroid dienone is 1. The van der Waals surface area contributed by atoms with Crippen LogP contribution in [-0.2, 0) is 4.74 Å². The van der Waals surface area contributed by atoms with Crippen LogP contribution in [0.15, 0.2) is 24.0 Å². The lowest BCUT2D eigenvalue weighted by molar-refractivity contribution is 0.110. The molecular formula is C8H12O2. The molecule has 1 atom stereocenters. The number of ether oxygens (including phenoxy) is 1. The summed E-state index contributed by atoms with van der Waals surface area (Å²) in [7, 11) is 1.62. The maximum Gasteiger partial charge on any atom is 0.114 e. The molecule has 1 N–H and O–H groups in total. The van der Waals surface area contributed by atoms with Crippen LogP contribution >= 0.6 is 0 Å². The average Bonchev–Trinajstić information content (AvgIpc) is 1.88. The molecule has 1 unspecified atom stereocenters. The lowest BCUT2D eigenvalue weighted by Gasteiger charge is -2.20. The first kappa shape index (κ1) is 7.35. The van der Waals surface area contributed by atoms with Crippen molar-refractivity contribution in [1.82, 2.24) is 0 Å². The summed E-state index contributed by atoms with van der Waals surface area (Å²) in [5.74, 6) is 0.825. The molecule has 2 heteroatoms. The molecule has 0 aromatic carbocycles. The van der Waals surface area contributed by atoms with Gasteiger partial charge < -0.3 is 9.84 Å². The number of hydrogen-bond acceptors (Lipinski definition) is 2. The normalized spacial score (nSPS) is 31.7. The van der Waals surface area contributed by atoms with Crippen molar-refractivity contribution in [3.8, 4) is 0 Å². The summed E-state index contributed by atoms with van der Waals surface area (Å²) >= 11 is 0. The van der Waals surface area contributed by atoms with Crippen LogP contribution in [0.4, 0.5) is 0 Å². The Morgan fingerprint density at radius 3 is 2.80 bits per heavy atom. The van der Waals surface area contributed by atoms with Crippen LogP contribution in [0.5, 0.6) is 0 Å². The second-order valence-corrected chi connectivity index (χ2v) is 2.71. The average molecular weight is 140 g/mol. The first-order valence-corrected chi connectivity index (χ1v) is 3.30. The lowest BCUT2D eigenvalue weighted by Crippen LogP contribution is -2.21. The fourth-order valence-corrected chi connectivity index (χ4v) is 0.856. The molecule has 0 saturated carbocycles. The van der Waals surface area contributed by atoms with E-state index in [1.54, 1.807) is 26.2 Å². The smallest absolute Gasteiger partial charge is 0.114 e. The zero-order valence-corrected chi connectivity index (χ0v) is 6.29. The summed E-state index contributed by atoms with van der Waals surface area (Å²) in [4.78, 5) is 0. The standard InChI is InChI=1S/C8H12O2/c1-8(9)5-3-7(10-2)4-6-8/h3-5,9H,6H2,1-2H3. The molecule has 56 valence electrons. The Hall–Kier alpha value is -0.760. The predicted molar refractivity (Wildman–Crippen MR) is 39.5 cm³/mol. The molecule has 0 aromatic heterocycles. The van der Waals surface area contributed by atoms with Gasteiger partial charge >= 0.3 is 0 Å². The van der Waals surface area contributed by atoms with Crippen LogP contribution < -0.4 is 0 Å². The van der Waals surface area contributed by atoms with Gasteiger partial charge in [-0.3, -0.25) is 0 Å². The predicted octanol–water partition coefficient (Wildman–Crippen LogP) is 1.23. The third-order valence-corrected chi connectivity index (χ3v) is 1.56. The first-order valence-electron chi connectivity index (χ1n) is 3.30. The molecule has 0 radical (unpaired) electrons. The van der Waals surface area contributed by atoms with E-state index in [-0.39, 0.29) is 0 Å². The van der Waals surface area contributed by atoms with Crippen molar-refractivity contribution < 1.29 is 9.84 Å². The highest BCUT2D eigenvalue weighted by Crippen LogP contribution is 2.19. The Morgan fingerprint density at radius 1 is 1.70 bits per heavy atom. The SMILES string of the molecule is COC1=CCC(C)(O)C=C1. The van der Waals surface area contributed by atoms with Crippen LogP contribution in [0.1, 0.15) is 13.3 Å². The third kappa shape index (κ3) is 1.61. The number of rotatable bonds is 1. The van der Waals surface area contributed by atoms with E-state index < -0.39 is 5.60 Å². The monoisotopic (exact) mass is 140 g/mol. The van der Waals surface area contributed by atoms with Crippen LogP contribution in [0.25, 0.3) is 0 Å². The van der Waals surface area contributed by atoms with Gasteiger partial charge in [0, 0.05) is 6.42 Å². The van der Waals surface area contributed by atoms with Gasteiger partial charge in [0.25, 0.3) is 0 Å². The summed E-state index contributed by atoms with van der Waals surface area (Å²) in [5, 5.41) is 9.40. The molecule has 10 heavy (non-hydrogen) atoms. The van der Waals surface area contributed by atoms with Crippen molar-refractivity contribution in [3.05, 3.63) is 24.0 Å². The number of aliphatic hydroxyl groups is 1. The van der Waals surface area contributed by atoms with E-state index in [0.717, 1.165) is 5.76 Å². The lowest BCUT2D eigenvalue weighted by atomic mass is 9.97. The summed E-state index contributed by atoms with van der Waals surface area (Å²) in [6.45, 7) is 1.77. The molecule has 1 aliphatic rings. The Balaban J connectivity index is 2.63. The number of methoxy groups -OCH3 is 1. The van der Waals surface area contributed by atoms with Crippen molar-refractivity contribution in [3.63, 3.8) is 0 Å². The first-order chi connectivity index (χ1) is 4.64. The van der Waals surface area contributed by atoms with Crippen molar-refractivity contribution in [2.45, 2.75) is 18.9 Å². The maximum atomic E-state index is 9.40. The van der Waals surface area contributed by atoms with E-state index in [1.807, 2.05) is 6.08 Å². The van der Waals surface area contributed by atoms with Gasteiger partial charge in [0.15, 0.2) is 0 Å². The minimum Gasteiger partial charge on any atom is -0.497 e. The molecule has 0 aliphatic heterocycles. The highest BCUT2D eigenvalue weighted by Gasteiger charge is 2.17. The van der Waals surface area contributed by atoms with Crippen molar-refractivity contribution >= 4 is 0 Å². The molecule has 0 amide bonds. The Morgan fingerprint density at radius 2 is 2.40 bits per heavy atom. The fourth-order valence-electron chi connectivity index (χ4n) is 0.856. The Labute approximate surface area is 60.8 Å². The zero-order valence-electron chi connectivity index (χ0n) is 6.29. The van der Waals surface area contributed by atoms with E-state index in [9.17, 15) is 5.11 Å². The quantitative estimate of drug-likeness (QED) is 0.593. The van der Waals surface area contributed by atoms with E-state index in [4.69, 9.17) is 4.74 Å². The molecule has 1 aliphatic carbocycles. The summed E-state index contributed by atoms with van der Waals surface area (Å²) in [6.07, 6.45) is 6.03. The molecule has 0 fully saturated rings. The second kappa shape index (κ2) is 2.46. The van der Waals surface area contributed by atoms with Gasteiger partial charge in [-0.15, -0.1) is 0 Å². The van der Waals surface area contributed by atoms with Gasteiger partial charge in [-0.05, 0) is 25.2 Å². The van der Waals surface area contributed by atoms with E-state index in [0.29, 0.717) is 6.42 Å². The highest BCUT2D eigenvalue weighted by molar-refractivity contribution is 5.22. The third-order valence-electron chi connectivity index (χ3n) is 1.56. The van der Waals surface area contributed by atoms with Gasteiger partial charge in [0.05, 0.1) is 12.7 Å². The van der Waals surface area contributed by atoms with Crippen molar-refractivity contribution in [1.29, 1.82) is 0 Å². The van der Waals surface area contributed by atoms with E-state index >= 15 is 0 Å². The molecule has 0 saturated heterocycles. The van der Waals surface area contributed by atoms with Crippen LogP contribution in [0.3, 0.4) is 0 Å². The summed E-state index contributed by atoms with van der Waals surface area (Å²) < 4.78 is 4.95. The Bertz CT molecular complexity index is 178. The molecule has 2 nitrogen and oxygen atoms in total. The van der Waals surface area contributed by atoms with Gasteiger partial charge in [-0.25, -0.2) is 0 Å². The number of hydrogen-bond donors (Lipinski definition) is 1. The van der Waals surface area contributed by atoms with Gasteiger partial charge in [-0.1, -0.05) is 0 Å². The molecule has 0 heterocycles. The minimum absolute atomic E-state index is 0.632. The molecular weight excluding hydrogens is 128 g/mol. The maximum absolute atomic E-state index is 9.40. The van der Waals surface area contributed by atoms with E-state index in [1.165, 1.54) is 0 Å². The fraction of sp³-hybridized carbons (Fsp3) is 0.500. The van der Waals surface area contributed by atoms with Gasteiger partial charge in [-0.2, -0.15) is 0 Å². The van der Waals surface area contributed by atoms with Gasteiger partial charge in [0.2, 0.25) is 0 Å². The second-order valence-electron chi connectivity index (χ2n) is 2.71. The van der Waals surface area contributed by atoms with Crippen molar-refractivity contribution in [2.75, 3.05) is 7.11 Å². The minimum atomic E-state index is -0.679. The van der Waals surface area contributed by atoms with Crippen molar-refractivity contribution in [2.24, 2.45) is 0 Å². The molecule has 0 aromatic rings. The summed E-state index contributed by atoms with van der Waals surface area (Å²) in [5.41, 5.74) is -0.679. The topological polar surface area (TPSA) is 29.5 Å². The largest absolute Gasteiger partial charge is 0.497 e. The molecule has 1 rings (SSSR count). The van der Waals surface area contributed by atoms with Gasteiger partial charge in [0.1, 0.15) is 5.76 Å². The molecule has 0 bridgehead atoms. The van der Waals surface area contributed by atoms with Crippen LogP contribution in [-0.4, -0.2) is 17.8 Å². The summed E-state index contributed by atoms with van der Waals surface area (Å²) in [6, 6.07) is 0. The zero-order chi connectivity index (χ0) is 7.61. The van der Waals surface area contributed by atoms with Crippen LogP contribution in [0.2, 0.25) is 0 Å².